The molecule has 1 N–H and O–H groups in total. The van der Waals surface area contributed by atoms with Crippen molar-refractivity contribution in [3.63, 3.8) is 0 Å². The number of anilines is 1. The molecule has 0 aliphatic rings. The van der Waals surface area contributed by atoms with Crippen molar-refractivity contribution in [2.24, 2.45) is 0 Å². The second kappa shape index (κ2) is 9.67. The summed E-state index contributed by atoms with van der Waals surface area (Å²) >= 11 is 1.39. The minimum absolute atomic E-state index is 0.0151. The quantitative estimate of drug-likeness (QED) is 0.420. The molecule has 0 aliphatic heterocycles. The van der Waals surface area contributed by atoms with Crippen LogP contribution in [0.1, 0.15) is 23.8 Å². The number of nitriles is 1. The fourth-order valence-corrected chi connectivity index (χ4v) is 3.50. The van der Waals surface area contributed by atoms with Crippen molar-refractivity contribution < 1.29 is 9.53 Å². The second-order valence-electron chi connectivity index (χ2n) is 6.33. The predicted octanol–water partition coefficient (Wildman–Crippen LogP) is 5.45. The number of nitrogens with zero attached hydrogens (tertiary/aromatic N) is 2. The van der Waals surface area contributed by atoms with E-state index in [1.807, 2.05) is 74.5 Å². The Balaban J connectivity index is 1.73. The van der Waals surface area contributed by atoms with Crippen LogP contribution in [-0.4, -0.2) is 17.5 Å². The van der Waals surface area contributed by atoms with E-state index in [1.165, 1.54) is 11.3 Å². The molecule has 6 heteroatoms. The molecule has 146 valence electrons. The lowest BCUT2D eigenvalue weighted by molar-refractivity contribution is -0.112. The second-order valence-corrected chi connectivity index (χ2v) is 7.53. The van der Waals surface area contributed by atoms with Gasteiger partial charge in [0.05, 0.1) is 12.3 Å². The molecule has 0 spiro atoms. The molecule has 0 saturated carbocycles. The van der Waals surface area contributed by atoms with Gasteiger partial charge in [-0.3, -0.25) is 10.1 Å². The van der Waals surface area contributed by atoms with Crippen LogP contribution in [0, 0.1) is 18.3 Å². The number of aromatic nitrogens is 1. The lowest BCUT2D eigenvalue weighted by Gasteiger charge is -2.04. The number of hydrogen-bond acceptors (Lipinski definition) is 5. The van der Waals surface area contributed by atoms with Crippen molar-refractivity contribution in [2.75, 3.05) is 11.9 Å². The average Bonchev–Trinajstić information content (AvgIpc) is 3.11. The van der Waals surface area contributed by atoms with Crippen LogP contribution in [0.3, 0.4) is 0 Å². The average molecular weight is 404 g/mol. The highest BCUT2D eigenvalue weighted by Gasteiger charge is 2.15. The molecule has 1 amide bonds. The first-order chi connectivity index (χ1) is 14.1. The minimum Gasteiger partial charge on any atom is -0.494 e. The smallest absolute Gasteiger partial charge is 0.268 e. The van der Waals surface area contributed by atoms with E-state index in [9.17, 15) is 10.1 Å². The Morgan fingerprint density at radius 2 is 1.93 bits per heavy atom. The molecule has 3 rings (SSSR count). The molecule has 0 fully saturated rings. The first-order valence-electron chi connectivity index (χ1n) is 9.29. The van der Waals surface area contributed by atoms with Gasteiger partial charge in [-0.15, -0.1) is 11.3 Å². The maximum atomic E-state index is 12.6. The van der Waals surface area contributed by atoms with Crippen molar-refractivity contribution in [3.05, 3.63) is 70.6 Å². The number of thiazole rings is 1. The van der Waals surface area contributed by atoms with Crippen molar-refractivity contribution in [1.82, 2.24) is 4.98 Å². The Labute approximate surface area is 174 Å². The van der Waals surface area contributed by atoms with Crippen LogP contribution in [0.5, 0.6) is 5.75 Å². The summed E-state index contributed by atoms with van der Waals surface area (Å²) in [5, 5.41) is 12.6. The van der Waals surface area contributed by atoms with E-state index in [0.717, 1.165) is 33.9 Å². The number of amides is 1. The van der Waals surface area contributed by atoms with Gasteiger partial charge >= 0.3 is 0 Å². The topological polar surface area (TPSA) is 75.0 Å². The molecule has 3 aromatic rings. The van der Waals surface area contributed by atoms with Crippen molar-refractivity contribution in [1.29, 1.82) is 5.26 Å². The predicted molar refractivity (Wildman–Crippen MR) is 117 cm³/mol. The first-order valence-corrected chi connectivity index (χ1v) is 10.1. The fraction of sp³-hybridized carbons (Fsp3) is 0.174. The number of aryl methyl sites for hydroxylation is 1. The summed E-state index contributed by atoms with van der Waals surface area (Å²) in [5.74, 6) is 0.283. The summed E-state index contributed by atoms with van der Waals surface area (Å²) in [6.45, 7) is 4.65. The van der Waals surface area contributed by atoms with E-state index in [4.69, 9.17) is 4.74 Å². The van der Waals surface area contributed by atoms with Crippen LogP contribution >= 0.6 is 11.3 Å². The van der Waals surface area contributed by atoms with E-state index >= 15 is 0 Å². The van der Waals surface area contributed by atoms with Crippen LogP contribution in [0.25, 0.3) is 17.3 Å². The van der Waals surface area contributed by atoms with Gasteiger partial charge in [-0.1, -0.05) is 49.4 Å². The summed E-state index contributed by atoms with van der Waals surface area (Å²) < 4.78 is 5.55. The third-order valence-corrected chi connectivity index (χ3v) is 4.98. The molecule has 0 radical (unpaired) electrons. The third-order valence-electron chi connectivity index (χ3n) is 4.09. The lowest BCUT2D eigenvalue weighted by Crippen LogP contribution is -2.13. The fourth-order valence-electron chi connectivity index (χ4n) is 2.67. The van der Waals surface area contributed by atoms with Gasteiger partial charge in [0.2, 0.25) is 0 Å². The highest BCUT2D eigenvalue weighted by Crippen LogP contribution is 2.30. The zero-order chi connectivity index (χ0) is 20.6. The molecule has 5 nitrogen and oxygen atoms in total. The minimum atomic E-state index is -0.479. The summed E-state index contributed by atoms with van der Waals surface area (Å²) in [5.41, 5.74) is 2.58. The van der Waals surface area contributed by atoms with Gasteiger partial charge in [0.25, 0.3) is 5.91 Å². The Kier molecular flexibility index (Phi) is 6.77. The number of carbonyl (C=O) groups excluding carboxylic acids is 1. The van der Waals surface area contributed by atoms with E-state index in [-0.39, 0.29) is 5.57 Å². The van der Waals surface area contributed by atoms with Crippen molar-refractivity contribution in [3.8, 4) is 23.1 Å². The highest BCUT2D eigenvalue weighted by molar-refractivity contribution is 7.16. The first kappa shape index (κ1) is 20.3. The molecule has 0 saturated heterocycles. The van der Waals surface area contributed by atoms with Crippen LogP contribution in [-0.2, 0) is 4.79 Å². The van der Waals surface area contributed by atoms with Crippen LogP contribution in [0.4, 0.5) is 5.13 Å². The number of hydrogen-bond donors (Lipinski definition) is 1. The van der Waals surface area contributed by atoms with E-state index in [2.05, 4.69) is 10.3 Å². The van der Waals surface area contributed by atoms with Crippen LogP contribution in [0.15, 0.2) is 60.2 Å². The van der Waals surface area contributed by atoms with Gasteiger partial charge in [-0.25, -0.2) is 4.98 Å². The molecule has 0 unspecified atom stereocenters. The molecule has 29 heavy (non-hydrogen) atoms. The number of rotatable bonds is 7. The van der Waals surface area contributed by atoms with Gasteiger partial charge in [0, 0.05) is 10.4 Å². The van der Waals surface area contributed by atoms with Gasteiger partial charge < -0.3 is 4.74 Å². The Morgan fingerprint density at radius 3 is 2.59 bits per heavy atom. The van der Waals surface area contributed by atoms with E-state index in [1.54, 1.807) is 6.08 Å². The Hall–Kier alpha value is -3.43. The Morgan fingerprint density at radius 1 is 1.21 bits per heavy atom. The van der Waals surface area contributed by atoms with E-state index in [0.29, 0.717) is 11.7 Å². The molecular weight excluding hydrogens is 382 g/mol. The van der Waals surface area contributed by atoms with Crippen LogP contribution < -0.4 is 10.1 Å². The normalized spacial score (nSPS) is 11.0. The summed E-state index contributed by atoms with van der Waals surface area (Å²) in [6, 6.07) is 19.0. The standard InChI is InChI=1S/C23H21N3O2S/c1-3-13-28-20-11-9-17(10-12-20)14-19(15-24)22(27)26-23-25-21(16(2)29-23)18-7-5-4-6-8-18/h4-12,14H,3,13H2,1-2H3,(H,25,26,27)/b19-14+. The summed E-state index contributed by atoms with van der Waals surface area (Å²) in [7, 11) is 0. The lowest BCUT2D eigenvalue weighted by atomic mass is 10.1. The number of ether oxygens (including phenoxy) is 1. The molecule has 0 atom stereocenters. The maximum Gasteiger partial charge on any atom is 0.268 e. The molecular formula is C23H21N3O2S. The van der Waals surface area contributed by atoms with Crippen molar-refractivity contribution in [2.45, 2.75) is 20.3 Å². The largest absolute Gasteiger partial charge is 0.494 e. The van der Waals surface area contributed by atoms with Gasteiger partial charge in [0.15, 0.2) is 5.13 Å². The summed E-state index contributed by atoms with van der Waals surface area (Å²) in [6.07, 6.45) is 2.49. The third kappa shape index (κ3) is 5.31. The number of benzene rings is 2. The van der Waals surface area contributed by atoms with Gasteiger partial charge in [-0.2, -0.15) is 5.26 Å². The van der Waals surface area contributed by atoms with Gasteiger partial charge in [0.1, 0.15) is 17.4 Å². The van der Waals surface area contributed by atoms with E-state index < -0.39 is 5.91 Å². The molecule has 0 bridgehead atoms. The van der Waals surface area contributed by atoms with Gasteiger partial charge in [-0.05, 0) is 37.1 Å². The zero-order valence-corrected chi connectivity index (χ0v) is 17.1. The number of carbonyl (C=O) groups is 1. The van der Waals surface area contributed by atoms with Crippen molar-refractivity contribution >= 4 is 28.5 Å². The monoisotopic (exact) mass is 403 g/mol. The molecule has 0 aliphatic carbocycles. The Bertz CT molecular complexity index is 1050. The SMILES string of the molecule is CCCOc1ccc(/C=C(\C#N)C(=O)Nc2nc(-c3ccccc3)c(C)s2)cc1. The summed E-state index contributed by atoms with van der Waals surface area (Å²) in [4.78, 5) is 18.1. The number of nitrogens with one attached hydrogen (secondary N) is 1. The maximum absolute atomic E-state index is 12.6. The highest BCUT2D eigenvalue weighted by atomic mass is 32.1. The molecule has 2 aromatic carbocycles. The molecule has 1 heterocycles. The zero-order valence-electron chi connectivity index (χ0n) is 16.3. The van der Waals surface area contributed by atoms with Crippen LogP contribution in [0.2, 0.25) is 0 Å². The molecule has 1 aromatic heterocycles.